The molecule has 1 fully saturated rings. The number of methoxy groups -OCH3 is 1. The van der Waals surface area contributed by atoms with Gasteiger partial charge in [0.05, 0.1) is 42.8 Å². The third kappa shape index (κ3) is 4.43. The van der Waals surface area contributed by atoms with E-state index in [1.165, 1.54) is 12.5 Å². The first-order valence-corrected chi connectivity index (χ1v) is 10.2. The Morgan fingerprint density at radius 1 is 1.32 bits per heavy atom. The lowest BCUT2D eigenvalue weighted by Gasteiger charge is -2.11. The van der Waals surface area contributed by atoms with E-state index in [-0.39, 0.29) is 18.6 Å². The van der Waals surface area contributed by atoms with Crippen LogP contribution in [-0.4, -0.2) is 60.9 Å². The summed E-state index contributed by atoms with van der Waals surface area (Å²) in [4.78, 5) is 30.4. The minimum atomic E-state index is -0.785. The van der Waals surface area contributed by atoms with Gasteiger partial charge < -0.3 is 24.5 Å². The molecule has 0 unspecified atom stereocenters. The van der Waals surface area contributed by atoms with Crippen LogP contribution >= 0.6 is 0 Å². The van der Waals surface area contributed by atoms with Crippen LogP contribution in [-0.2, 0) is 6.54 Å². The average Bonchev–Trinajstić information content (AvgIpc) is 3.37. The summed E-state index contributed by atoms with van der Waals surface area (Å²) in [6.45, 7) is 6.25. The molecule has 1 amide bonds. The number of amides is 1. The molecule has 3 heterocycles. The maximum atomic E-state index is 12.8. The van der Waals surface area contributed by atoms with Crippen molar-refractivity contribution in [2.45, 2.75) is 51.9 Å². The lowest BCUT2D eigenvalue weighted by Crippen LogP contribution is -2.33. The summed E-state index contributed by atoms with van der Waals surface area (Å²) < 4.78 is 12.8. The van der Waals surface area contributed by atoms with Crippen molar-refractivity contribution in [1.82, 2.24) is 29.8 Å². The SMILES string of the molecule is COc1ncnc(Cn2cc(C(=O)NCC3(O)CC3)c3ncc(OC(C)C)nc32)c1C. The first-order chi connectivity index (χ1) is 14.8. The number of aliphatic hydroxyl groups is 1. The highest BCUT2D eigenvalue weighted by Gasteiger charge is 2.40. The topological polar surface area (TPSA) is 124 Å². The fourth-order valence-corrected chi connectivity index (χ4v) is 3.27. The normalized spacial score (nSPS) is 14.6. The van der Waals surface area contributed by atoms with E-state index in [9.17, 15) is 9.90 Å². The number of carbonyl (C=O) groups excluding carboxylic acids is 1. The zero-order valence-corrected chi connectivity index (χ0v) is 18.0. The average molecular weight is 426 g/mol. The van der Waals surface area contributed by atoms with Gasteiger partial charge in [-0.1, -0.05) is 0 Å². The maximum absolute atomic E-state index is 12.8. The Bertz CT molecular complexity index is 1120. The van der Waals surface area contributed by atoms with Gasteiger partial charge in [0.1, 0.15) is 11.8 Å². The predicted octanol–water partition coefficient (Wildman–Crippen LogP) is 1.63. The molecule has 1 aliphatic rings. The highest BCUT2D eigenvalue weighted by atomic mass is 16.5. The van der Waals surface area contributed by atoms with Gasteiger partial charge in [0.15, 0.2) is 5.65 Å². The summed E-state index contributed by atoms with van der Waals surface area (Å²) in [6.07, 6.45) is 5.97. The van der Waals surface area contributed by atoms with E-state index in [1.807, 2.05) is 25.3 Å². The van der Waals surface area contributed by atoms with Gasteiger partial charge in [-0.15, -0.1) is 0 Å². The standard InChI is InChI=1S/C21H26N6O4/c1-12(2)31-16-7-22-17-14(19(28)23-10-21(29)5-6-21)8-27(18(17)26-16)9-15-13(3)20(30-4)25-11-24-15/h7-8,11-12,29H,5-6,9-10H2,1-4H3,(H,23,28). The van der Waals surface area contributed by atoms with E-state index in [0.717, 1.165) is 11.3 Å². The fourth-order valence-electron chi connectivity index (χ4n) is 3.27. The number of hydrogen-bond donors (Lipinski definition) is 2. The van der Waals surface area contributed by atoms with Crippen molar-refractivity contribution in [3.8, 4) is 11.8 Å². The van der Waals surface area contributed by atoms with Gasteiger partial charge in [0.25, 0.3) is 5.91 Å². The molecule has 1 saturated carbocycles. The van der Waals surface area contributed by atoms with Gasteiger partial charge in [-0.05, 0) is 33.6 Å². The first kappa shape index (κ1) is 21.0. The molecule has 10 heteroatoms. The van der Waals surface area contributed by atoms with Crippen LogP contribution in [0.15, 0.2) is 18.7 Å². The second kappa shape index (κ2) is 8.10. The third-order valence-electron chi connectivity index (χ3n) is 5.21. The molecule has 0 saturated heterocycles. The van der Waals surface area contributed by atoms with E-state index in [0.29, 0.717) is 47.9 Å². The van der Waals surface area contributed by atoms with Crippen molar-refractivity contribution < 1.29 is 19.4 Å². The number of hydrogen-bond acceptors (Lipinski definition) is 8. The number of carbonyl (C=O) groups is 1. The number of aromatic nitrogens is 5. The minimum Gasteiger partial charge on any atom is -0.481 e. The third-order valence-corrected chi connectivity index (χ3v) is 5.21. The van der Waals surface area contributed by atoms with Crippen LogP contribution in [0.5, 0.6) is 11.8 Å². The molecule has 10 nitrogen and oxygen atoms in total. The molecule has 0 bridgehead atoms. The molecule has 31 heavy (non-hydrogen) atoms. The quantitative estimate of drug-likeness (QED) is 0.557. The Labute approximate surface area is 179 Å². The van der Waals surface area contributed by atoms with Gasteiger partial charge >= 0.3 is 0 Å². The van der Waals surface area contributed by atoms with Gasteiger partial charge in [-0.3, -0.25) is 4.79 Å². The highest BCUT2D eigenvalue weighted by Crippen LogP contribution is 2.34. The Kier molecular flexibility index (Phi) is 5.48. The summed E-state index contributed by atoms with van der Waals surface area (Å²) in [5.74, 6) is 0.554. The Morgan fingerprint density at radius 3 is 2.77 bits per heavy atom. The number of ether oxygens (including phenoxy) is 2. The molecule has 164 valence electrons. The second-order valence-electron chi connectivity index (χ2n) is 8.08. The molecule has 0 spiro atoms. The molecule has 0 aromatic carbocycles. The van der Waals surface area contributed by atoms with Crippen LogP contribution in [0.25, 0.3) is 11.2 Å². The molecule has 3 aromatic rings. The van der Waals surface area contributed by atoms with Gasteiger partial charge in [0.2, 0.25) is 11.8 Å². The molecule has 0 radical (unpaired) electrons. The van der Waals surface area contributed by atoms with Crippen LogP contribution in [0.3, 0.4) is 0 Å². The predicted molar refractivity (Wildman–Crippen MR) is 112 cm³/mol. The molecule has 4 rings (SSSR count). The Morgan fingerprint density at radius 2 is 2.10 bits per heavy atom. The lowest BCUT2D eigenvalue weighted by atomic mass is 10.2. The Balaban J connectivity index is 1.72. The number of fused-ring (bicyclic) bond motifs is 1. The molecule has 3 aromatic heterocycles. The van der Waals surface area contributed by atoms with Gasteiger partial charge in [-0.2, -0.15) is 4.98 Å². The minimum absolute atomic E-state index is 0.0643. The van der Waals surface area contributed by atoms with Gasteiger partial charge in [-0.25, -0.2) is 15.0 Å². The summed E-state index contributed by atoms with van der Waals surface area (Å²) in [5, 5.41) is 12.8. The molecule has 1 aliphatic carbocycles. The fraction of sp³-hybridized carbons (Fsp3) is 0.476. The summed E-state index contributed by atoms with van der Waals surface area (Å²) in [7, 11) is 1.56. The zero-order chi connectivity index (χ0) is 22.2. The monoisotopic (exact) mass is 426 g/mol. The molecule has 2 N–H and O–H groups in total. The van der Waals surface area contributed by atoms with E-state index in [2.05, 4.69) is 25.3 Å². The maximum Gasteiger partial charge on any atom is 0.255 e. The van der Waals surface area contributed by atoms with E-state index < -0.39 is 5.60 Å². The summed E-state index contributed by atoms with van der Waals surface area (Å²) in [5.41, 5.74) is 2.09. The van der Waals surface area contributed by atoms with Crippen LogP contribution in [0.1, 0.15) is 48.3 Å². The highest BCUT2D eigenvalue weighted by molar-refractivity contribution is 6.04. The van der Waals surface area contributed by atoms with Crippen molar-refractivity contribution in [3.05, 3.63) is 35.5 Å². The zero-order valence-electron chi connectivity index (χ0n) is 18.0. The van der Waals surface area contributed by atoms with E-state index in [1.54, 1.807) is 13.3 Å². The van der Waals surface area contributed by atoms with Crippen LogP contribution < -0.4 is 14.8 Å². The first-order valence-electron chi connectivity index (χ1n) is 10.2. The van der Waals surface area contributed by atoms with Crippen LogP contribution in [0, 0.1) is 6.92 Å². The van der Waals surface area contributed by atoms with Crippen molar-refractivity contribution in [3.63, 3.8) is 0 Å². The van der Waals surface area contributed by atoms with Crippen molar-refractivity contribution >= 4 is 17.1 Å². The summed E-state index contributed by atoms with van der Waals surface area (Å²) >= 11 is 0. The molecular weight excluding hydrogens is 400 g/mol. The van der Waals surface area contributed by atoms with Crippen molar-refractivity contribution in [2.24, 2.45) is 0 Å². The van der Waals surface area contributed by atoms with Crippen molar-refractivity contribution in [1.29, 1.82) is 0 Å². The summed E-state index contributed by atoms with van der Waals surface area (Å²) in [6, 6.07) is 0. The lowest BCUT2D eigenvalue weighted by molar-refractivity contribution is 0.0897. The van der Waals surface area contributed by atoms with Gasteiger partial charge in [0, 0.05) is 18.3 Å². The number of nitrogens with zero attached hydrogens (tertiary/aromatic N) is 5. The second-order valence-corrected chi connectivity index (χ2v) is 8.08. The van der Waals surface area contributed by atoms with Crippen LogP contribution in [0.4, 0.5) is 0 Å². The number of rotatable bonds is 8. The molecule has 0 atom stereocenters. The smallest absolute Gasteiger partial charge is 0.255 e. The molecular formula is C21H26N6O4. The van der Waals surface area contributed by atoms with Crippen LogP contribution in [0.2, 0.25) is 0 Å². The molecule has 0 aliphatic heterocycles. The van der Waals surface area contributed by atoms with E-state index >= 15 is 0 Å². The van der Waals surface area contributed by atoms with E-state index in [4.69, 9.17) is 9.47 Å². The number of nitrogens with one attached hydrogen (secondary N) is 1. The van der Waals surface area contributed by atoms with Crippen molar-refractivity contribution in [2.75, 3.05) is 13.7 Å². The largest absolute Gasteiger partial charge is 0.481 e. The Hall–Kier alpha value is -3.27.